The zero-order chi connectivity index (χ0) is 13.2. The van der Waals surface area contributed by atoms with Crippen molar-refractivity contribution in [3.8, 4) is 0 Å². The third kappa shape index (κ3) is 2.30. The van der Waals surface area contributed by atoms with Crippen molar-refractivity contribution >= 4 is 39.5 Å². The highest BCUT2D eigenvalue weighted by molar-refractivity contribution is 7.12. The second kappa shape index (κ2) is 4.74. The van der Waals surface area contributed by atoms with Crippen molar-refractivity contribution < 1.29 is 9.90 Å². The Labute approximate surface area is 114 Å². The molecule has 94 valence electrons. The zero-order valence-electron chi connectivity index (χ0n) is 9.96. The minimum Gasteiger partial charge on any atom is -0.477 e. The Bertz CT molecular complexity index is 748. The molecule has 0 aliphatic carbocycles. The van der Waals surface area contributed by atoms with E-state index in [2.05, 4.69) is 5.32 Å². The fourth-order valence-electron chi connectivity index (χ4n) is 2.00. The Balaban J connectivity index is 1.97. The van der Waals surface area contributed by atoms with Gasteiger partial charge in [-0.25, -0.2) is 4.79 Å². The first-order valence-corrected chi connectivity index (χ1v) is 6.68. The summed E-state index contributed by atoms with van der Waals surface area (Å²) in [5, 5.41) is 16.3. The van der Waals surface area contributed by atoms with Crippen LogP contribution in [0.15, 0.2) is 53.9 Å². The van der Waals surface area contributed by atoms with E-state index in [1.807, 2.05) is 42.5 Å². The third-order valence-corrected chi connectivity index (χ3v) is 3.79. The lowest BCUT2D eigenvalue weighted by Crippen LogP contribution is -1.98. The molecule has 0 amide bonds. The normalized spacial score (nSPS) is 10.5. The summed E-state index contributed by atoms with van der Waals surface area (Å²) < 4.78 is 0. The SMILES string of the molecule is O=C(O)c1sccc1Nc1ccc2ccccc2c1. The molecular formula is C15H11NO2S. The minimum atomic E-state index is -0.904. The van der Waals surface area contributed by atoms with Gasteiger partial charge in [0.05, 0.1) is 5.69 Å². The molecule has 2 N–H and O–H groups in total. The van der Waals surface area contributed by atoms with E-state index in [4.69, 9.17) is 5.11 Å². The van der Waals surface area contributed by atoms with E-state index in [1.54, 1.807) is 11.4 Å². The lowest BCUT2D eigenvalue weighted by molar-refractivity contribution is 0.0703. The molecule has 0 atom stereocenters. The molecule has 3 aromatic rings. The van der Waals surface area contributed by atoms with Gasteiger partial charge in [-0.3, -0.25) is 0 Å². The summed E-state index contributed by atoms with van der Waals surface area (Å²) in [6.45, 7) is 0. The Morgan fingerprint density at radius 1 is 1.05 bits per heavy atom. The number of aromatic carboxylic acids is 1. The molecule has 0 saturated heterocycles. The van der Waals surface area contributed by atoms with Crippen LogP contribution in [-0.2, 0) is 0 Å². The summed E-state index contributed by atoms with van der Waals surface area (Å²) in [5.74, 6) is -0.904. The molecule has 0 bridgehead atoms. The van der Waals surface area contributed by atoms with Gasteiger partial charge in [-0.1, -0.05) is 30.3 Å². The molecule has 2 aromatic carbocycles. The number of nitrogens with one attached hydrogen (secondary N) is 1. The molecule has 0 spiro atoms. The molecule has 0 radical (unpaired) electrons. The largest absolute Gasteiger partial charge is 0.477 e. The molecule has 0 aliphatic rings. The van der Waals surface area contributed by atoms with Crippen LogP contribution in [0.1, 0.15) is 9.67 Å². The average Bonchev–Trinajstić information content (AvgIpc) is 2.87. The van der Waals surface area contributed by atoms with E-state index in [0.717, 1.165) is 16.5 Å². The van der Waals surface area contributed by atoms with Crippen molar-refractivity contribution in [2.24, 2.45) is 0 Å². The number of hydrogen-bond acceptors (Lipinski definition) is 3. The van der Waals surface area contributed by atoms with Crippen molar-refractivity contribution in [1.82, 2.24) is 0 Å². The van der Waals surface area contributed by atoms with Crippen LogP contribution >= 0.6 is 11.3 Å². The number of benzene rings is 2. The predicted octanol–water partition coefficient (Wildman–Crippen LogP) is 4.34. The number of rotatable bonds is 3. The van der Waals surface area contributed by atoms with E-state index in [-0.39, 0.29) is 0 Å². The van der Waals surface area contributed by atoms with E-state index in [0.29, 0.717) is 10.6 Å². The van der Waals surface area contributed by atoms with E-state index in [9.17, 15) is 4.79 Å². The Morgan fingerprint density at radius 2 is 1.84 bits per heavy atom. The fraction of sp³-hybridized carbons (Fsp3) is 0. The number of thiophene rings is 1. The van der Waals surface area contributed by atoms with Crippen LogP contribution in [-0.4, -0.2) is 11.1 Å². The third-order valence-electron chi connectivity index (χ3n) is 2.89. The van der Waals surface area contributed by atoms with Crippen LogP contribution in [0.2, 0.25) is 0 Å². The van der Waals surface area contributed by atoms with Crippen LogP contribution in [0.25, 0.3) is 10.8 Å². The highest BCUT2D eigenvalue weighted by atomic mass is 32.1. The standard InChI is InChI=1S/C15H11NO2S/c17-15(18)14-13(7-8-19-14)16-12-6-5-10-3-1-2-4-11(10)9-12/h1-9,16H,(H,17,18). The number of anilines is 2. The van der Waals surface area contributed by atoms with E-state index >= 15 is 0 Å². The van der Waals surface area contributed by atoms with Gasteiger partial charge in [0, 0.05) is 5.69 Å². The minimum absolute atomic E-state index is 0.327. The molecule has 0 saturated carbocycles. The maximum Gasteiger partial charge on any atom is 0.348 e. The molecule has 3 rings (SSSR count). The summed E-state index contributed by atoms with van der Waals surface area (Å²) in [6, 6.07) is 15.8. The number of hydrogen-bond donors (Lipinski definition) is 2. The first-order valence-electron chi connectivity index (χ1n) is 5.80. The molecule has 4 heteroatoms. The summed E-state index contributed by atoms with van der Waals surface area (Å²) in [4.78, 5) is 11.4. The van der Waals surface area contributed by atoms with Gasteiger partial charge in [-0.2, -0.15) is 0 Å². The lowest BCUT2D eigenvalue weighted by atomic mass is 10.1. The topological polar surface area (TPSA) is 49.3 Å². The van der Waals surface area contributed by atoms with Crippen molar-refractivity contribution in [2.75, 3.05) is 5.32 Å². The molecular weight excluding hydrogens is 258 g/mol. The Morgan fingerprint density at radius 3 is 2.63 bits per heavy atom. The lowest BCUT2D eigenvalue weighted by Gasteiger charge is -2.07. The molecule has 0 aliphatic heterocycles. The maximum absolute atomic E-state index is 11.1. The van der Waals surface area contributed by atoms with Crippen molar-refractivity contribution in [1.29, 1.82) is 0 Å². The Hall–Kier alpha value is -2.33. The number of carbonyl (C=O) groups is 1. The molecule has 19 heavy (non-hydrogen) atoms. The van der Waals surface area contributed by atoms with Gasteiger partial charge in [-0.05, 0) is 34.4 Å². The van der Waals surface area contributed by atoms with E-state index < -0.39 is 5.97 Å². The summed E-state index contributed by atoms with van der Waals surface area (Å²) in [7, 11) is 0. The summed E-state index contributed by atoms with van der Waals surface area (Å²) in [5.41, 5.74) is 1.52. The van der Waals surface area contributed by atoms with Gasteiger partial charge in [0.15, 0.2) is 0 Å². The van der Waals surface area contributed by atoms with Gasteiger partial charge in [0.25, 0.3) is 0 Å². The molecule has 0 fully saturated rings. The van der Waals surface area contributed by atoms with Crippen LogP contribution < -0.4 is 5.32 Å². The molecule has 1 heterocycles. The highest BCUT2D eigenvalue weighted by Gasteiger charge is 2.11. The van der Waals surface area contributed by atoms with Gasteiger partial charge in [0.2, 0.25) is 0 Å². The first kappa shape index (κ1) is 11.7. The van der Waals surface area contributed by atoms with Crippen LogP contribution in [0.4, 0.5) is 11.4 Å². The zero-order valence-corrected chi connectivity index (χ0v) is 10.8. The molecule has 0 unspecified atom stereocenters. The van der Waals surface area contributed by atoms with Gasteiger partial charge in [0.1, 0.15) is 4.88 Å². The van der Waals surface area contributed by atoms with Gasteiger partial charge in [-0.15, -0.1) is 11.3 Å². The number of carboxylic acids is 1. The first-order chi connectivity index (χ1) is 9.24. The summed E-state index contributed by atoms with van der Waals surface area (Å²) in [6.07, 6.45) is 0. The maximum atomic E-state index is 11.1. The summed E-state index contributed by atoms with van der Waals surface area (Å²) >= 11 is 1.22. The van der Waals surface area contributed by atoms with Crippen LogP contribution in [0, 0.1) is 0 Å². The second-order valence-electron chi connectivity index (χ2n) is 4.16. The van der Waals surface area contributed by atoms with Crippen molar-refractivity contribution in [2.45, 2.75) is 0 Å². The van der Waals surface area contributed by atoms with E-state index in [1.165, 1.54) is 11.3 Å². The fourth-order valence-corrected chi connectivity index (χ4v) is 2.68. The monoisotopic (exact) mass is 269 g/mol. The average molecular weight is 269 g/mol. The van der Waals surface area contributed by atoms with Crippen LogP contribution in [0.5, 0.6) is 0 Å². The number of carboxylic acid groups (broad SMARTS) is 1. The van der Waals surface area contributed by atoms with Crippen molar-refractivity contribution in [3.63, 3.8) is 0 Å². The van der Waals surface area contributed by atoms with Crippen LogP contribution in [0.3, 0.4) is 0 Å². The van der Waals surface area contributed by atoms with Crippen molar-refractivity contribution in [3.05, 3.63) is 58.8 Å². The Kier molecular flexibility index (Phi) is 2.93. The quantitative estimate of drug-likeness (QED) is 0.743. The smallest absolute Gasteiger partial charge is 0.348 e. The molecule has 1 aromatic heterocycles. The molecule has 3 nitrogen and oxygen atoms in total. The highest BCUT2D eigenvalue weighted by Crippen LogP contribution is 2.27. The predicted molar refractivity (Wildman–Crippen MR) is 78.5 cm³/mol. The van der Waals surface area contributed by atoms with Gasteiger partial charge >= 0.3 is 5.97 Å². The number of fused-ring (bicyclic) bond motifs is 1. The second-order valence-corrected chi connectivity index (χ2v) is 5.07. The van der Waals surface area contributed by atoms with Gasteiger partial charge < -0.3 is 10.4 Å².